The van der Waals surface area contributed by atoms with Crippen LogP contribution < -0.4 is 5.32 Å². The second-order valence-corrected chi connectivity index (χ2v) is 7.21. The van der Waals surface area contributed by atoms with Crippen LogP contribution in [0.5, 0.6) is 5.75 Å². The molecular formula is C20H13F4NO4S. The molecule has 3 N–H and O–H groups in total. The van der Waals surface area contributed by atoms with Crippen LogP contribution in [0.15, 0.2) is 41.8 Å². The summed E-state index contributed by atoms with van der Waals surface area (Å²) in [6.45, 7) is 1.67. The van der Waals surface area contributed by atoms with Gasteiger partial charge in [-0.1, -0.05) is 12.1 Å². The summed E-state index contributed by atoms with van der Waals surface area (Å²) in [6, 6.07) is 6.04. The summed E-state index contributed by atoms with van der Waals surface area (Å²) in [5.74, 6) is -4.01. The van der Waals surface area contributed by atoms with Crippen molar-refractivity contribution < 1.29 is 37.4 Å². The highest BCUT2D eigenvalue weighted by atomic mass is 32.1. The fraction of sp³-hybridized carbons (Fsp3) is 0.100. The second-order valence-electron chi connectivity index (χ2n) is 6.33. The van der Waals surface area contributed by atoms with Gasteiger partial charge in [0.2, 0.25) is 0 Å². The molecular weight excluding hydrogens is 426 g/mol. The number of hydrogen-bond donors (Lipinski definition) is 3. The van der Waals surface area contributed by atoms with Crippen molar-refractivity contribution >= 4 is 28.2 Å². The Labute approximate surface area is 171 Å². The third-order valence-corrected chi connectivity index (χ3v) is 5.11. The number of aromatic hydroxyl groups is 1. The number of thiophene rings is 1. The van der Waals surface area contributed by atoms with Crippen molar-refractivity contribution in [2.75, 3.05) is 5.32 Å². The summed E-state index contributed by atoms with van der Waals surface area (Å²) in [7, 11) is 0. The quantitative estimate of drug-likeness (QED) is 0.466. The van der Waals surface area contributed by atoms with E-state index in [4.69, 9.17) is 0 Å². The van der Waals surface area contributed by atoms with Gasteiger partial charge >= 0.3 is 12.1 Å². The molecule has 156 valence electrons. The van der Waals surface area contributed by atoms with Gasteiger partial charge in [0.1, 0.15) is 22.1 Å². The van der Waals surface area contributed by atoms with Gasteiger partial charge in [0.15, 0.2) is 0 Å². The van der Waals surface area contributed by atoms with Crippen LogP contribution in [0.2, 0.25) is 0 Å². The Morgan fingerprint density at radius 1 is 1.07 bits per heavy atom. The fourth-order valence-corrected chi connectivity index (χ4v) is 3.72. The zero-order chi connectivity index (χ0) is 22.2. The number of rotatable bonds is 4. The van der Waals surface area contributed by atoms with E-state index < -0.39 is 40.7 Å². The van der Waals surface area contributed by atoms with Crippen molar-refractivity contribution in [1.82, 2.24) is 0 Å². The minimum Gasteiger partial charge on any atom is -0.507 e. The van der Waals surface area contributed by atoms with E-state index in [-0.39, 0.29) is 21.7 Å². The van der Waals surface area contributed by atoms with Gasteiger partial charge in [-0.15, -0.1) is 11.3 Å². The molecule has 10 heteroatoms. The maximum Gasteiger partial charge on any atom is 0.416 e. The Hall–Kier alpha value is -3.40. The van der Waals surface area contributed by atoms with Gasteiger partial charge in [-0.05, 0) is 36.8 Å². The van der Waals surface area contributed by atoms with Gasteiger partial charge in [0.05, 0.1) is 11.1 Å². The van der Waals surface area contributed by atoms with Crippen LogP contribution in [-0.4, -0.2) is 22.1 Å². The summed E-state index contributed by atoms with van der Waals surface area (Å²) >= 11 is 0.807. The molecule has 2 aromatic carbocycles. The number of amides is 1. The van der Waals surface area contributed by atoms with E-state index in [2.05, 4.69) is 5.32 Å². The van der Waals surface area contributed by atoms with E-state index in [1.54, 1.807) is 13.0 Å². The van der Waals surface area contributed by atoms with Crippen molar-refractivity contribution in [3.8, 4) is 16.9 Å². The molecule has 0 bridgehead atoms. The average Bonchev–Trinajstić information content (AvgIpc) is 3.04. The summed E-state index contributed by atoms with van der Waals surface area (Å²) in [4.78, 5) is 24.2. The summed E-state index contributed by atoms with van der Waals surface area (Å²) in [6.07, 6.45) is -4.70. The minimum absolute atomic E-state index is 0.0205. The highest BCUT2D eigenvalue weighted by Crippen LogP contribution is 2.38. The van der Waals surface area contributed by atoms with Gasteiger partial charge in [0, 0.05) is 16.5 Å². The highest BCUT2D eigenvalue weighted by Gasteiger charge is 2.32. The molecule has 1 amide bonds. The monoisotopic (exact) mass is 439 g/mol. The molecule has 0 aliphatic carbocycles. The molecule has 0 unspecified atom stereocenters. The highest BCUT2D eigenvalue weighted by molar-refractivity contribution is 7.15. The summed E-state index contributed by atoms with van der Waals surface area (Å²) in [5, 5.41) is 22.8. The normalized spacial score (nSPS) is 11.4. The summed E-state index contributed by atoms with van der Waals surface area (Å²) < 4.78 is 52.4. The molecule has 0 atom stereocenters. The second kappa shape index (κ2) is 7.79. The number of aromatic carboxylic acids is 1. The summed E-state index contributed by atoms with van der Waals surface area (Å²) in [5.41, 5.74) is -1.30. The maximum atomic E-state index is 14.3. The molecule has 1 aromatic heterocycles. The molecule has 0 saturated carbocycles. The minimum atomic E-state index is -4.70. The van der Waals surface area contributed by atoms with Crippen molar-refractivity contribution in [1.29, 1.82) is 0 Å². The van der Waals surface area contributed by atoms with E-state index in [1.165, 1.54) is 17.5 Å². The average molecular weight is 439 g/mol. The first-order chi connectivity index (χ1) is 14.0. The number of alkyl halides is 3. The van der Waals surface area contributed by atoms with E-state index in [1.807, 2.05) is 0 Å². The van der Waals surface area contributed by atoms with Crippen molar-refractivity contribution in [3.05, 3.63) is 69.8 Å². The number of carboxylic acid groups (broad SMARTS) is 1. The number of halogens is 4. The largest absolute Gasteiger partial charge is 0.507 e. The van der Waals surface area contributed by atoms with Crippen molar-refractivity contribution in [2.24, 2.45) is 0 Å². The van der Waals surface area contributed by atoms with Crippen molar-refractivity contribution in [2.45, 2.75) is 13.1 Å². The van der Waals surface area contributed by atoms with E-state index >= 15 is 0 Å². The molecule has 3 aromatic rings. The number of benzene rings is 2. The third-order valence-electron chi connectivity index (χ3n) is 4.22. The topological polar surface area (TPSA) is 86.6 Å². The van der Waals surface area contributed by atoms with Gasteiger partial charge < -0.3 is 15.5 Å². The lowest BCUT2D eigenvalue weighted by Gasteiger charge is -2.10. The molecule has 30 heavy (non-hydrogen) atoms. The zero-order valence-electron chi connectivity index (χ0n) is 15.2. The Kier molecular flexibility index (Phi) is 5.53. The first-order valence-electron chi connectivity index (χ1n) is 8.32. The predicted molar refractivity (Wildman–Crippen MR) is 102 cm³/mol. The molecule has 0 fully saturated rings. The molecule has 3 rings (SSSR count). The number of phenolic OH excluding ortho intramolecular Hbond substituents is 1. The SMILES string of the molecule is Cc1ccc(-c2csc(NC(=O)c3ccc(C(F)(F)F)cc3O)c2C(=O)O)c(F)c1. The van der Waals surface area contributed by atoms with Crippen LogP contribution in [0.1, 0.15) is 31.8 Å². The number of aryl methyl sites for hydroxylation is 1. The standard InChI is InChI=1S/C20H13F4NO4S/c1-9-2-4-11(14(21)6-9)13-8-30-18(16(13)19(28)29)25-17(27)12-5-3-10(7-15(12)26)20(22,23)24/h2-8,26H,1H3,(H,25,27)(H,28,29). The van der Waals surface area contributed by atoms with Crippen LogP contribution in [0.25, 0.3) is 11.1 Å². The Bertz CT molecular complexity index is 1150. The Morgan fingerprint density at radius 2 is 1.77 bits per heavy atom. The smallest absolute Gasteiger partial charge is 0.416 e. The number of hydrogen-bond acceptors (Lipinski definition) is 4. The van der Waals surface area contributed by atoms with E-state index in [9.17, 15) is 37.4 Å². The lowest BCUT2D eigenvalue weighted by molar-refractivity contribution is -0.137. The number of carboxylic acids is 1. The Morgan fingerprint density at radius 3 is 2.33 bits per heavy atom. The molecule has 0 aliphatic rings. The van der Waals surface area contributed by atoms with Crippen LogP contribution in [-0.2, 0) is 6.18 Å². The lowest BCUT2D eigenvalue weighted by Crippen LogP contribution is -2.14. The van der Waals surface area contributed by atoms with Crippen LogP contribution in [0.4, 0.5) is 22.6 Å². The third kappa shape index (κ3) is 4.13. The van der Waals surface area contributed by atoms with Crippen LogP contribution >= 0.6 is 11.3 Å². The molecule has 0 spiro atoms. The fourth-order valence-electron chi connectivity index (χ4n) is 2.77. The van der Waals surface area contributed by atoms with E-state index in [0.29, 0.717) is 17.7 Å². The predicted octanol–water partition coefficient (Wildman–Crippen LogP) is 5.54. The Balaban J connectivity index is 1.97. The molecule has 0 aliphatic heterocycles. The zero-order valence-corrected chi connectivity index (χ0v) is 16.0. The first kappa shape index (κ1) is 21.3. The lowest BCUT2D eigenvalue weighted by atomic mass is 10.0. The van der Waals surface area contributed by atoms with Gasteiger partial charge in [-0.3, -0.25) is 4.79 Å². The maximum absolute atomic E-state index is 14.3. The number of anilines is 1. The molecule has 0 radical (unpaired) electrons. The van der Waals surface area contributed by atoms with Crippen LogP contribution in [0, 0.1) is 12.7 Å². The van der Waals surface area contributed by atoms with Gasteiger partial charge in [-0.2, -0.15) is 13.2 Å². The molecule has 1 heterocycles. The van der Waals surface area contributed by atoms with E-state index in [0.717, 1.165) is 17.4 Å². The number of phenols is 1. The van der Waals surface area contributed by atoms with Crippen molar-refractivity contribution in [3.63, 3.8) is 0 Å². The van der Waals surface area contributed by atoms with Gasteiger partial charge in [-0.25, -0.2) is 9.18 Å². The number of carbonyl (C=O) groups is 2. The number of nitrogens with one attached hydrogen (secondary N) is 1. The molecule has 5 nitrogen and oxygen atoms in total. The van der Waals surface area contributed by atoms with Crippen LogP contribution in [0.3, 0.4) is 0 Å². The molecule has 0 saturated heterocycles. The van der Waals surface area contributed by atoms with Gasteiger partial charge in [0.25, 0.3) is 5.91 Å². The first-order valence-corrected chi connectivity index (χ1v) is 9.20. The number of carbonyl (C=O) groups excluding carboxylic acids is 1.